The number of carbonyl (C=O) groups excluding carboxylic acids is 1. The Morgan fingerprint density at radius 3 is 2.84 bits per heavy atom. The van der Waals surface area contributed by atoms with E-state index in [1.54, 1.807) is 31.4 Å². The monoisotopic (exact) mass is 261 g/mol. The van der Waals surface area contributed by atoms with Crippen molar-refractivity contribution in [2.45, 2.75) is 6.54 Å². The minimum absolute atomic E-state index is 0.0643. The SMILES string of the molecule is CN(C(=O)c1cn(CC(=O)O)nn1)c1ccccn1. The zero-order valence-corrected chi connectivity index (χ0v) is 10.1. The van der Waals surface area contributed by atoms with Crippen LogP contribution in [0.3, 0.4) is 0 Å². The molecule has 0 aliphatic heterocycles. The van der Waals surface area contributed by atoms with Crippen LogP contribution >= 0.6 is 0 Å². The number of carbonyl (C=O) groups is 2. The third kappa shape index (κ3) is 2.92. The van der Waals surface area contributed by atoms with E-state index in [1.807, 2.05) is 0 Å². The van der Waals surface area contributed by atoms with Crippen molar-refractivity contribution in [2.24, 2.45) is 0 Å². The molecule has 2 aromatic heterocycles. The van der Waals surface area contributed by atoms with Gasteiger partial charge < -0.3 is 5.11 Å². The lowest BCUT2D eigenvalue weighted by molar-refractivity contribution is -0.137. The number of aromatic nitrogens is 4. The highest BCUT2D eigenvalue weighted by Crippen LogP contribution is 2.10. The lowest BCUT2D eigenvalue weighted by atomic mass is 10.3. The van der Waals surface area contributed by atoms with E-state index in [4.69, 9.17) is 5.11 Å². The number of carboxylic acids is 1. The van der Waals surface area contributed by atoms with E-state index in [1.165, 1.54) is 11.1 Å². The van der Waals surface area contributed by atoms with E-state index in [0.29, 0.717) is 5.82 Å². The summed E-state index contributed by atoms with van der Waals surface area (Å²) in [5.74, 6) is -0.988. The number of amides is 1. The first-order chi connectivity index (χ1) is 9.08. The molecule has 2 heterocycles. The van der Waals surface area contributed by atoms with Gasteiger partial charge in [0.2, 0.25) is 0 Å². The molecule has 0 saturated heterocycles. The van der Waals surface area contributed by atoms with E-state index in [9.17, 15) is 9.59 Å². The average Bonchev–Trinajstić information content (AvgIpc) is 2.85. The summed E-state index contributed by atoms with van der Waals surface area (Å²) in [6.07, 6.45) is 2.86. The zero-order chi connectivity index (χ0) is 13.8. The number of anilines is 1. The Morgan fingerprint density at radius 1 is 1.42 bits per heavy atom. The fourth-order valence-electron chi connectivity index (χ4n) is 1.44. The van der Waals surface area contributed by atoms with Crippen LogP contribution in [0, 0.1) is 0 Å². The van der Waals surface area contributed by atoms with Crippen LogP contribution in [0.15, 0.2) is 30.6 Å². The molecule has 1 amide bonds. The summed E-state index contributed by atoms with van der Waals surface area (Å²) >= 11 is 0. The molecule has 0 bridgehead atoms. The Hall–Kier alpha value is -2.77. The van der Waals surface area contributed by atoms with Gasteiger partial charge in [-0.2, -0.15) is 0 Å². The first kappa shape index (κ1) is 12.7. The summed E-state index contributed by atoms with van der Waals surface area (Å²) in [5, 5.41) is 15.8. The van der Waals surface area contributed by atoms with Crippen molar-refractivity contribution in [2.75, 3.05) is 11.9 Å². The van der Waals surface area contributed by atoms with Crippen LogP contribution in [-0.2, 0) is 11.3 Å². The predicted octanol–water partition coefficient (Wildman–Crippen LogP) is 0.0343. The predicted molar refractivity (Wildman–Crippen MR) is 64.6 cm³/mol. The van der Waals surface area contributed by atoms with Crippen LogP contribution in [0.1, 0.15) is 10.5 Å². The molecule has 0 fully saturated rings. The molecule has 8 heteroatoms. The van der Waals surface area contributed by atoms with Crippen LogP contribution in [0.5, 0.6) is 0 Å². The van der Waals surface area contributed by atoms with E-state index in [2.05, 4.69) is 15.3 Å². The van der Waals surface area contributed by atoms with Gasteiger partial charge in [0.25, 0.3) is 5.91 Å². The summed E-state index contributed by atoms with van der Waals surface area (Å²) < 4.78 is 1.09. The first-order valence-electron chi connectivity index (χ1n) is 5.39. The zero-order valence-electron chi connectivity index (χ0n) is 10.1. The maximum absolute atomic E-state index is 12.1. The van der Waals surface area contributed by atoms with Crippen molar-refractivity contribution in [3.8, 4) is 0 Å². The van der Waals surface area contributed by atoms with Crippen LogP contribution in [0.2, 0.25) is 0 Å². The van der Waals surface area contributed by atoms with E-state index in [0.717, 1.165) is 4.68 Å². The summed E-state index contributed by atoms with van der Waals surface area (Å²) in [7, 11) is 1.56. The van der Waals surface area contributed by atoms with Crippen molar-refractivity contribution >= 4 is 17.7 Å². The van der Waals surface area contributed by atoms with Gasteiger partial charge >= 0.3 is 5.97 Å². The summed E-state index contributed by atoms with van der Waals surface area (Å²) in [5.41, 5.74) is 0.0643. The molecule has 0 aliphatic rings. The minimum Gasteiger partial charge on any atom is -0.480 e. The van der Waals surface area contributed by atoms with Gasteiger partial charge in [-0.3, -0.25) is 14.5 Å². The topological polar surface area (TPSA) is 101 Å². The van der Waals surface area contributed by atoms with Crippen molar-refractivity contribution in [3.63, 3.8) is 0 Å². The van der Waals surface area contributed by atoms with Crippen LogP contribution in [0.4, 0.5) is 5.82 Å². The Morgan fingerprint density at radius 2 is 2.21 bits per heavy atom. The van der Waals surface area contributed by atoms with Gasteiger partial charge in [-0.25, -0.2) is 9.67 Å². The van der Waals surface area contributed by atoms with E-state index >= 15 is 0 Å². The molecule has 0 spiro atoms. The highest BCUT2D eigenvalue weighted by atomic mass is 16.4. The standard InChI is InChI=1S/C11H11N5O3/c1-15(9-4-2-3-5-12-9)11(19)8-6-16(14-13-8)7-10(17)18/h2-6H,7H2,1H3,(H,17,18). The normalized spacial score (nSPS) is 10.2. The van der Waals surface area contributed by atoms with Crippen LogP contribution in [-0.4, -0.2) is 44.0 Å². The second kappa shape index (κ2) is 5.25. The molecule has 0 unspecified atom stereocenters. The van der Waals surface area contributed by atoms with Crippen molar-refractivity contribution in [1.29, 1.82) is 0 Å². The lowest BCUT2D eigenvalue weighted by Crippen LogP contribution is -2.27. The molecular weight excluding hydrogens is 250 g/mol. The maximum atomic E-state index is 12.1. The number of pyridine rings is 1. The molecule has 0 saturated carbocycles. The van der Waals surface area contributed by atoms with Gasteiger partial charge in [-0.05, 0) is 12.1 Å². The maximum Gasteiger partial charge on any atom is 0.325 e. The van der Waals surface area contributed by atoms with E-state index < -0.39 is 11.9 Å². The number of carboxylic acid groups (broad SMARTS) is 1. The molecule has 19 heavy (non-hydrogen) atoms. The molecular formula is C11H11N5O3. The van der Waals surface area contributed by atoms with Gasteiger partial charge in [0, 0.05) is 13.2 Å². The van der Waals surface area contributed by atoms with Crippen molar-refractivity contribution < 1.29 is 14.7 Å². The molecule has 1 N–H and O–H groups in total. The smallest absolute Gasteiger partial charge is 0.325 e. The Labute approximate surface area is 108 Å². The highest BCUT2D eigenvalue weighted by molar-refractivity contribution is 6.03. The van der Waals surface area contributed by atoms with Crippen molar-refractivity contribution in [1.82, 2.24) is 20.0 Å². The number of aliphatic carboxylic acids is 1. The molecule has 0 radical (unpaired) electrons. The number of nitrogens with zero attached hydrogens (tertiary/aromatic N) is 5. The van der Waals surface area contributed by atoms with Gasteiger partial charge in [0.05, 0.1) is 6.20 Å². The molecule has 0 atom stereocenters. The number of hydrogen-bond acceptors (Lipinski definition) is 5. The molecule has 98 valence electrons. The van der Waals surface area contributed by atoms with Gasteiger partial charge in [-0.1, -0.05) is 11.3 Å². The van der Waals surface area contributed by atoms with Crippen molar-refractivity contribution in [3.05, 3.63) is 36.3 Å². The third-order valence-electron chi connectivity index (χ3n) is 2.35. The Balaban J connectivity index is 2.15. The molecule has 0 aromatic carbocycles. The first-order valence-corrected chi connectivity index (χ1v) is 5.39. The largest absolute Gasteiger partial charge is 0.480 e. The van der Waals surface area contributed by atoms with Gasteiger partial charge in [-0.15, -0.1) is 5.10 Å². The Kier molecular flexibility index (Phi) is 3.51. The van der Waals surface area contributed by atoms with Gasteiger partial charge in [0.15, 0.2) is 5.69 Å². The minimum atomic E-state index is -1.05. The van der Waals surface area contributed by atoms with Gasteiger partial charge in [0.1, 0.15) is 12.4 Å². The van der Waals surface area contributed by atoms with Crippen LogP contribution in [0.25, 0.3) is 0 Å². The molecule has 2 aromatic rings. The van der Waals surface area contributed by atoms with E-state index in [-0.39, 0.29) is 12.2 Å². The second-order valence-electron chi connectivity index (χ2n) is 3.75. The highest BCUT2D eigenvalue weighted by Gasteiger charge is 2.18. The fraction of sp³-hybridized carbons (Fsp3) is 0.182. The molecule has 8 nitrogen and oxygen atoms in total. The Bertz CT molecular complexity index is 595. The average molecular weight is 261 g/mol. The summed E-state index contributed by atoms with van der Waals surface area (Å²) in [4.78, 5) is 27.9. The van der Waals surface area contributed by atoms with Crippen LogP contribution < -0.4 is 4.90 Å². The third-order valence-corrected chi connectivity index (χ3v) is 2.35. The summed E-state index contributed by atoms with van der Waals surface area (Å²) in [6.45, 7) is -0.340. The second-order valence-corrected chi connectivity index (χ2v) is 3.75. The fourth-order valence-corrected chi connectivity index (χ4v) is 1.44. The number of hydrogen-bond donors (Lipinski definition) is 1. The summed E-state index contributed by atoms with van der Waals surface area (Å²) in [6, 6.07) is 5.18. The quantitative estimate of drug-likeness (QED) is 0.833. The molecule has 2 rings (SSSR count). The number of rotatable bonds is 4. The molecule has 0 aliphatic carbocycles. The lowest BCUT2D eigenvalue weighted by Gasteiger charge is -2.13.